The third-order valence-corrected chi connectivity index (χ3v) is 13.1. The fourth-order valence-corrected chi connectivity index (χ4v) is 11.0. The molecule has 0 saturated heterocycles. The summed E-state index contributed by atoms with van der Waals surface area (Å²) in [5, 5.41) is 4.25. The second-order valence-corrected chi connectivity index (χ2v) is 15.3. The Kier molecular flexibility index (Phi) is 10.5. The lowest BCUT2D eigenvalue weighted by molar-refractivity contribution is 1.40. The molecular weight excluding hydrogens is 525 g/mol. The largest absolute Gasteiger partial charge is 0.0622 e. The van der Waals surface area contributed by atoms with Crippen molar-refractivity contribution in [3.8, 4) is 0 Å². The fraction of sp³-hybridized carbons (Fsp3) is 0.0556. The molecule has 0 fully saturated rings. The van der Waals surface area contributed by atoms with Crippen molar-refractivity contribution >= 4 is 39.7 Å². The van der Waals surface area contributed by atoms with Crippen LogP contribution < -0.4 is 15.9 Å². The molecule has 0 aromatic heterocycles. The smallest absolute Gasteiger partial charge is 0.000197 e. The van der Waals surface area contributed by atoms with Gasteiger partial charge in [-0.2, -0.15) is 0 Å². The Morgan fingerprint density at radius 3 is 1.00 bits per heavy atom. The van der Waals surface area contributed by atoms with Crippen LogP contribution in [0.15, 0.2) is 175 Å². The first-order valence-corrected chi connectivity index (χ1v) is 17.9. The number of benzene rings is 5. The van der Waals surface area contributed by atoms with Gasteiger partial charge in [0.25, 0.3) is 0 Å². The summed E-state index contributed by atoms with van der Waals surface area (Å²) in [5.74, 6) is 10.0. The average Bonchev–Trinajstić information content (AvgIpc) is 3.02. The third-order valence-electron chi connectivity index (χ3n) is 6.44. The van der Waals surface area contributed by atoms with Crippen molar-refractivity contribution < 1.29 is 0 Å². The maximum atomic E-state index is 2.52. The second kappa shape index (κ2) is 14.9. The summed E-state index contributed by atoms with van der Waals surface area (Å²) in [6.07, 6.45) is 2.12. The van der Waals surface area contributed by atoms with Gasteiger partial charge in [-0.1, -0.05) is 175 Å². The highest BCUT2D eigenvalue weighted by atomic mass is 31.1. The molecule has 0 saturated carbocycles. The lowest BCUT2D eigenvalue weighted by Gasteiger charge is -2.18. The number of hydrogen-bond acceptors (Lipinski definition) is 0. The fourth-order valence-electron chi connectivity index (χ4n) is 4.39. The van der Waals surface area contributed by atoms with Gasteiger partial charge in [0.15, 0.2) is 0 Å². The molecule has 2 unspecified atom stereocenters. The number of rotatable bonds is 11. The minimum Gasteiger partial charge on any atom is -0.0622 e. The van der Waals surface area contributed by atoms with E-state index in [1.54, 1.807) is 0 Å². The molecule has 5 aromatic carbocycles. The molecule has 5 rings (SSSR count). The summed E-state index contributed by atoms with van der Waals surface area (Å²) in [6.45, 7) is 0. The summed E-state index contributed by atoms with van der Waals surface area (Å²) in [6, 6.07) is 54.9. The second-order valence-electron chi connectivity index (χ2n) is 9.24. The summed E-state index contributed by atoms with van der Waals surface area (Å²) < 4.78 is 0. The molecule has 192 valence electrons. The van der Waals surface area contributed by atoms with E-state index in [0.717, 1.165) is 12.3 Å². The summed E-state index contributed by atoms with van der Waals surface area (Å²) in [5.41, 5.74) is 2.79. The van der Waals surface area contributed by atoms with Crippen molar-refractivity contribution in [3.63, 3.8) is 0 Å². The van der Waals surface area contributed by atoms with E-state index in [-0.39, 0.29) is 0 Å². The summed E-state index contributed by atoms with van der Waals surface area (Å²) in [7, 11) is -1.49. The van der Waals surface area contributed by atoms with Crippen LogP contribution in [-0.2, 0) is 12.3 Å². The van der Waals surface area contributed by atoms with Crippen molar-refractivity contribution in [2.24, 2.45) is 0 Å². The topological polar surface area (TPSA) is 0 Å². The molecule has 3 heteroatoms. The standard InChI is InChI=1S/C36H33P3/c1-6-16-32(17-7-1)30-38(35-22-12-4-13-23-35)28-26-37(34-20-10-3-11-21-34)27-29-39(36-24-14-5-15-25-36)31-33-18-8-2-9-19-33/h1-29H,30-31H2/b28-26+,29-27+. The zero-order chi connectivity index (χ0) is 26.5. The maximum Gasteiger partial charge on any atom is 0.000197 e. The molecule has 2 atom stereocenters. The Balaban J connectivity index is 1.46. The highest BCUT2D eigenvalue weighted by Crippen LogP contribution is 2.49. The summed E-state index contributed by atoms with van der Waals surface area (Å²) >= 11 is 0. The van der Waals surface area contributed by atoms with Gasteiger partial charge in [0, 0.05) is 12.3 Å². The van der Waals surface area contributed by atoms with E-state index in [1.807, 2.05) is 0 Å². The van der Waals surface area contributed by atoms with Gasteiger partial charge >= 0.3 is 0 Å². The highest BCUT2D eigenvalue weighted by molar-refractivity contribution is 7.75. The van der Waals surface area contributed by atoms with Crippen LogP contribution in [-0.4, -0.2) is 0 Å². The molecule has 0 N–H and O–H groups in total. The normalized spacial score (nSPS) is 13.8. The first kappa shape index (κ1) is 27.4. The predicted octanol–water partition coefficient (Wildman–Crippen LogP) is 9.75. The van der Waals surface area contributed by atoms with Gasteiger partial charge in [-0.25, -0.2) is 0 Å². The Labute approximate surface area is 237 Å². The van der Waals surface area contributed by atoms with Crippen LogP contribution in [0.1, 0.15) is 11.1 Å². The zero-order valence-electron chi connectivity index (χ0n) is 22.0. The lowest BCUT2D eigenvalue weighted by Crippen LogP contribution is -2.01. The Bertz CT molecular complexity index is 1340. The van der Waals surface area contributed by atoms with E-state index in [9.17, 15) is 0 Å². The van der Waals surface area contributed by atoms with Crippen LogP contribution in [0.3, 0.4) is 0 Å². The molecule has 0 radical (unpaired) electrons. The van der Waals surface area contributed by atoms with Crippen molar-refractivity contribution in [1.29, 1.82) is 0 Å². The van der Waals surface area contributed by atoms with Crippen LogP contribution in [0.5, 0.6) is 0 Å². The maximum absolute atomic E-state index is 2.52. The zero-order valence-corrected chi connectivity index (χ0v) is 24.7. The van der Waals surface area contributed by atoms with E-state index < -0.39 is 23.8 Å². The van der Waals surface area contributed by atoms with Gasteiger partial charge < -0.3 is 0 Å². The van der Waals surface area contributed by atoms with Crippen LogP contribution in [0, 0.1) is 0 Å². The molecule has 5 aromatic rings. The monoisotopic (exact) mass is 558 g/mol. The average molecular weight is 559 g/mol. The molecule has 0 aliphatic carbocycles. The van der Waals surface area contributed by atoms with Crippen molar-refractivity contribution in [1.82, 2.24) is 0 Å². The van der Waals surface area contributed by atoms with Crippen LogP contribution in [0.4, 0.5) is 0 Å². The van der Waals surface area contributed by atoms with Crippen molar-refractivity contribution in [2.45, 2.75) is 12.3 Å². The molecule has 0 aliphatic heterocycles. The van der Waals surface area contributed by atoms with Gasteiger partial charge in [-0.3, -0.25) is 0 Å². The van der Waals surface area contributed by atoms with Gasteiger partial charge in [0.2, 0.25) is 0 Å². The molecule has 0 heterocycles. The van der Waals surface area contributed by atoms with Crippen molar-refractivity contribution in [2.75, 3.05) is 0 Å². The molecule has 0 bridgehead atoms. The van der Waals surface area contributed by atoms with E-state index in [1.165, 1.54) is 27.0 Å². The quantitative estimate of drug-likeness (QED) is 0.142. The van der Waals surface area contributed by atoms with E-state index in [0.29, 0.717) is 0 Å². The Morgan fingerprint density at radius 2 is 0.641 bits per heavy atom. The minimum absolute atomic E-state index is 0.458. The molecule has 0 spiro atoms. The predicted molar refractivity (Wildman–Crippen MR) is 178 cm³/mol. The first-order valence-electron chi connectivity index (χ1n) is 13.3. The van der Waals surface area contributed by atoms with Gasteiger partial charge in [0.1, 0.15) is 0 Å². The van der Waals surface area contributed by atoms with Crippen LogP contribution >= 0.6 is 23.8 Å². The van der Waals surface area contributed by atoms with Crippen molar-refractivity contribution in [3.05, 3.63) is 186 Å². The van der Waals surface area contributed by atoms with Crippen LogP contribution in [0.25, 0.3) is 0 Å². The number of hydrogen-bond donors (Lipinski definition) is 0. The van der Waals surface area contributed by atoms with E-state index in [4.69, 9.17) is 0 Å². The third kappa shape index (κ3) is 8.43. The Hall–Kier alpha value is -3.13. The molecule has 0 amide bonds. The van der Waals surface area contributed by atoms with Crippen LogP contribution in [0.2, 0.25) is 0 Å². The molecule has 0 nitrogen and oxygen atoms in total. The van der Waals surface area contributed by atoms with Gasteiger partial charge in [-0.05, 0) is 50.8 Å². The van der Waals surface area contributed by atoms with Gasteiger partial charge in [-0.15, -0.1) is 0 Å². The first-order chi connectivity index (χ1) is 19.3. The molecule has 39 heavy (non-hydrogen) atoms. The minimum atomic E-state index is -0.579. The van der Waals surface area contributed by atoms with Gasteiger partial charge in [0.05, 0.1) is 0 Å². The molecular formula is C36H33P3. The highest BCUT2D eigenvalue weighted by Gasteiger charge is 2.13. The summed E-state index contributed by atoms with van der Waals surface area (Å²) in [4.78, 5) is 0. The molecule has 0 aliphatic rings. The lowest BCUT2D eigenvalue weighted by atomic mass is 10.2. The van der Waals surface area contributed by atoms with E-state index in [2.05, 4.69) is 175 Å². The SMILES string of the molecule is C(=C\P(Cc1ccccc1)c1ccccc1)/P(/C=C/P(Cc1ccccc1)c1ccccc1)c1ccccc1. The Morgan fingerprint density at radius 1 is 0.333 bits per heavy atom. The van der Waals surface area contributed by atoms with E-state index >= 15 is 0 Å².